The molecule has 0 aliphatic carbocycles. The summed E-state index contributed by atoms with van der Waals surface area (Å²) < 4.78 is 1.78. The number of halogens is 4. The van der Waals surface area contributed by atoms with E-state index in [1.165, 1.54) is 11.1 Å². The first-order valence-corrected chi connectivity index (χ1v) is 11.2. The van der Waals surface area contributed by atoms with Crippen LogP contribution in [0.25, 0.3) is 6.20 Å². The summed E-state index contributed by atoms with van der Waals surface area (Å²) in [6, 6.07) is 0. The van der Waals surface area contributed by atoms with Crippen LogP contribution < -0.4 is 0 Å². The number of imidazole rings is 1. The van der Waals surface area contributed by atoms with Gasteiger partial charge in [0.05, 0.1) is 6.33 Å². The molecule has 0 radical (unpaired) electrons. The Labute approximate surface area is 212 Å². The van der Waals surface area contributed by atoms with E-state index in [9.17, 15) is 0 Å². The van der Waals surface area contributed by atoms with Gasteiger partial charge in [0.2, 0.25) is 0 Å². The lowest BCUT2D eigenvalue weighted by atomic mass is 10.0. The second-order valence-corrected chi connectivity index (χ2v) is 7.51. The number of aromatic nitrogens is 2. The Balaban J connectivity index is 0.000000742. The van der Waals surface area contributed by atoms with E-state index >= 15 is 0 Å². The summed E-state index contributed by atoms with van der Waals surface area (Å²) in [6.45, 7) is 5.65. The van der Waals surface area contributed by atoms with Crippen LogP contribution in [0.15, 0.2) is 85.6 Å². The molecule has 3 rings (SSSR count). The highest BCUT2D eigenvalue weighted by molar-refractivity contribution is 9.09. The zero-order valence-corrected chi connectivity index (χ0v) is 22.8. The lowest BCUT2D eigenvalue weighted by molar-refractivity contribution is 0.498. The van der Waals surface area contributed by atoms with Gasteiger partial charge in [-0.15, -0.1) is 34.0 Å². The molecule has 1 aromatic heterocycles. The van der Waals surface area contributed by atoms with Gasteiger partial charge in [-0.3, -0.25) is 0 Å². The van der Waals surface area contributed by atoms with Crippen LogP contribution in [0.4, 0.5) is 0 Å². The van der Waals surface area contributed by atoms with Crippen LogP contribution in [-0.4, -0.2) is 43.1 Å². The maximum Gasteiger partial charge on any atom is 0.0986 e. The predicted octanol–water partition coefficient (Wildman–Crippen LogP) is 6.68. The molecule has 0 amide bonds. The first-order valence-electron chi connectivity index (χ1n) is 8.97. The summed E-state index contributed by atoms with van der Waals surface area (Å²) in [5.41, 5.74) is 2.54. The average Bonchev–Trinajstić information content (AvgIpc) is 3.26. The van der Waals surface area contributed by atoms with Crippen molar-refractivity contribution in [1.29, 1.82) is 0 Å². The van der Waals surface area contributed by atoms with Gasteiger partial charge in [-0.2, -0.15) is 0 Å². The number of rotatable bonds is 7. The summed E-state index contributed by atoms with van der Waals surface area (Å²) in [7, 11) is 0. The highest BCUT2D eigenvalue weighted by atomic mass is 79.9. The van der Waals surface area contributed by atoms with Gasteiger partial charge in [-0.25, -0.2) is 4.98 Å². The molecule has 0 fully saturated rings. The molecular weight excluding hydrogens is 628 g/mol. The normalized spacial score (nSPS) is 14.1. The zero-order valence-electron chi connectivity index (χ0n) is 16.2. The maximum atomic E-state index is 3.78. The largest absolute Gasteiger partial charge is 0.354 e. The first kappa shape index (κ1) is 28.2. The molecule has 160 valence electrons. The van der Waals surface area contributed by atoms with E-state index < -0.39 is 0 Å². The smallest absolute Gasteiger partial charge is 0.0986 e. The van der Waals surface area contributed by atoms with Crippen molar-refractivity contribution in [2.45, 2.75) is 12.8 Å². The Morgan fingerprint density at radius 3 is 1.55 bits per heavy atom. The molecule has 0 saturated heterocycles. The van der Waals surface area contributed by atoms with Crippen LogP contribution in [0, 0.1) is 0 Å². The van der Waals surface area contributed by atoms with Gasteiger partial charge >= 0.3 is 0 Å². The third kappa shape index (κ3) is 10.7. The van der Waals surface area contributed by atoms with Gasteiger partial charge in [0.25, 0.3) is 0 Å². The molecule has 0 saturated carbocycles. The van der Waals surface area contributed by atoms with Gasteiger partial charge in [-0.05, 0) is 48.3 Å². The van der Waals surface area contributed by atoms with Crippen molar-refractivity contribution >= 4 is 72.0 Å². The van der Waals surface area contributed by atoms with Crippen molar-refractivity contribution in [3.05, 3.63) is 85.6 Å². The molecule has 2 aliphatic heterocycles. The van der Waals surface area contributed by atoms with Crippen molar-refractivity contribution in [3.63, 3.8) is 0 Å². The summed E-state index contributed by atoms with van der Waals surface area (Å²) in [5.74, 6) is 0. The number of nitrogens with zero attached hydrogens (tertiary/aromatic N) is 4. The monoisotopic (exact) mass is 652 g/mol. The van der Waals surface area contributed by atoms with Gasteiger partial charge in [-0.1, -0.05) is 38.4 Å². The van der Waals surface area contributed by atoms with Crippen LogP contribution in [0.2, 0.25) is 0 Å². The van der Waals surface area contributed by atoms with E-state index in [4.69, 9.17) is 0 Å². The third-order valence-corrected chi connectivity index (χ3v) is 5.07. The van der Waals surface area contributed by atoms with Crippen molar-refractivity contribution in [2.75, 3.05) is 23.7 Å². The van der Waals surface area contributed by atoms with E-state index in [2.05, 4.69) is 102 Å². The summed E-state index contributed by atoms with van der Waals surface area (Å²) in [6.07, 6.45) is 26.6. The van der Waals surface area contributed by atoms with Gasteiger partial charge in [0, 0.05) is 67.1 Å². The minimum absolute atomic E-state index is 0. The molecule has 0 bridgehead atoms. The summed E-state index contributed by atoms with van der Waals surface area (Å²) in [5, 5.41) is 2.10. The molecule has 1 aromatic rings. The molecule has 29 heavy (non-hydrogen) atoms. The second-order valence-electron chi connectivity index (χ2n) is 5.93. The quantitative estimate of drug-likeness (QED) is 0.307. The summed E-state index contributed by atoms with van der Waals surface area (Å²) in [4.78, 5) is 8.24. The molecule has 2 aliphatic rings. The van der Waals surface area contributed by atoms with Crippen molar-refractivity contribution in [2.24, 2.45) is 0 Å². The fourth-order valence-electron chi connectivity index (χ4n) is 2.46. The van der Waals surface area contributed by atoms with Crippen LogP contribution in [0.1, 0.15) is 12.8 Å². The predicted molar refractivity (Wildman–Crippen MR) is 143 cm³/mol. The standard InChI is InChI=1S/C16H20Br2N2.C5H6N2.2BrH/c17-7-1-9-19-11-3-15(4-12-19)16-5-13-20(14-6-16)10-2-8-18;1-2-7-4-3-6-5-7;;/h3-6,11-14H,1-2,7-10H2;2-5H,1H2;2*1H. The highest BCUT2D eigenvalue weighted by Crippen LogP contribution is 2.19. The Hall–Kier alpha value is -0.830. The Morgan fingerprint density at radius 1 is 0.828 bits per heavy atom. The Bertz CT molecular complexity index is 647. The number of allylic oxidation sites excluding steroid dienone is 6. The van der Waals surface area contributed by atoms with Crippen LogP contribution >= 0.6 is 65.8 Å². The van der Waals surface area contributed by atoms with Crippen molar-refractivity contribution in [1.82, 2.24) is 19.4 Å². The molecule has 4 nitrogen and oxygen atoms in total. The Kier molecular flexibility index (Phi) is 16.4. The molecule has 0 aromatic carbocycles. The van der Waals surface area contributed by atoms with Gasteiger partial charge in [0.1, 0.15) is 0 Å². The SMILES string of the molecule is Br.Br.BrCCCN1C=CC(=C2C=CN(CCCBr)C=C2)C=C1.C=Cn1ccnc1. The molecule has 0 unspecified atom stereocenters. The first-order chi connectivity index (χ1) is 13.3. The van der Waals surface area contributed by atoms with Crippen molar-refractivity contribution < 1.29 is 0 Å². The van der Waals surface area contributed by atoms with E-state index in [1.54, 1.807) is 23.3 Å². The molecule has 3 heterocycles. The fourth-order valence-corrected chi connectivity index (χ4v) is 2.96. The number of hydrogen-bond acceptors (Lipinski definition) is 3. The van der Waals surface area contributed by atoms with Crippen LogP contribution in [0.3, 0.4) is 0 Å². The number of hydrogen-bond donors (Lipinski definition) is 0. The Morgan fingerprint density at radius 2 is 1.28 bits per heavy atom. The second kappa shape index (κ2) is 16.9. The zero-order chi connectivity index (χ0) is 19.3. The maximum absolute atomic E-state index is 3.78. The number of alkyl halides is 2. The molecule has 0 spiro atoms. The lowest BCUT2D eigenvalue weighted by Gasteiger charge is -2.21. The topological polar surface area (TPSA) is 24.3 Å². The fraction of sp³-hybridized carbons (Fsp3) is 0.286. The van der Waals surface area contributed by atoms with Crippen LogP contribution in [0.5, 0.6) is 0 Å². The third-order valence-electron chi connectivity index (χ3n) is 3.95. The lowest BCUT2D eigenvalue weighted by Crippen LogP contribution is -2.15. The van der Waals surface area contributed by atoms with E-state index in [1.807, 2.05) is 6.20 Å². The average molecular weight is 656 g/mol. The van der Waals surface area contributed by atoms with Crippen molar-refractivity contribution in [3.8, 4) is 0 Å². The summed E-state index contributed by atoms with van der Waals surface area (Å²) >= 11 is 6.93. The van der Waals surface area contributed by atoms with Crippen LogP contribution in [-0.2, 0) is 0 Å². The highest BCUT2D eigenvalue weighted by Gasteiger charge is 2.06. The van der Waals surface area contributed by atoms with E-state index in [-0.39, 0.29) is 34.0 Å². The minimum atomic E-state index is 0. The van der Waals surface area contributed by atoms with Gasteiger partial charge in [0.15, 0.2) is 0 Å². The molecule has 0 atom stereocenters. The molecular formula is C21H28Br4N4. The van der Waals surface area contributed by atoms with E-state index in [0.29, 0.717) is 0 Å². The van der Waals surface area contributed by atoms with Gasteiger partial charge < -0.3 is 14.4 Å². The minimum Gasteiger partial charge on any atom is -0.354 e. The molecule has 0 N–H and O–H groups in total. The molecule has 8 heteroatoms. The van der Waals surface area contributed by atoms with E-state index in [0.717, 1.165) is 36.6 Å².